The van der Waals surface area contributed by atoms with Crippen LogP contribution in [0.3, 0.4) is 0 Å². The Kier molecular flexibility index (Phi) is 6.75. The Morgan fingerprint density at radius 3 is 2.61 bits per heavy atom. The van der Waals surface area contributed by atoms with Crippen molar-refractivity contribution in [3.63, 3.8) is 0 Å². The van der Waals surface area contributed by atoms with Crippen LogP contribution in [0.25, 0.3) is 11.0 Å². The number of carbonyl (C=O) groups excluding carboxylic acids is 1. The van der Waals surface area contributed by atoms with Crippen molar-refractivity contribution >= 4 is 16.9 Å². The number of hydrogen-bond donors (Lipinski definition) is 0. The number of rotatable bonds is 9. The highest BCUT2D eigenvalue weighted by molar-refractivity contribution is 5.82. The van der Waals surface area contributed by atoms with E-state index >= 15 is 0 Å². The van der Waals surface area contributed by atoms with Gasteiger partial charge in [0.1, 0.15) is 23.7 Å². The van der Waals surface area contributed by atoms with Gasteiger partial charge in [-0.3, -0.25) is 4.79 Å². The molecule has 0 N–H and O–H groups in total. The summed E-state index contributed by atoms with van der Waals surface area (Å²) < 4.78 is 17.2. The molecule has 3 aromatic rings. The molecule has 0 radical (unpaired) electrons. The zero-order chi connectivity index (χ0) is 19.9. The summed E-state index contributed by atoms with van der Waals surface area (Å²) in [6.45, 7) is 6.92. The van der Waals surface area contributed by atoms with E-state index in [1.807, 2.05) is 31.2 Å². The van der Waals surface area contributed by atoms with E-state index in [1.165, 1.54) is 5.56 Å². The molecule has 0 atom stereocenters. The summed E-state index contributed by atoms with van der Waals surface area (Å²) in [7, 11) is 0. The van der Waals surface area contributed by atoms with Crippen LogP contribution in [0, 0.1) is 0 Å². The fourth-order valence-corrected chi connectivity index (χ4v) is 3.38. The van der Waals surface area contributed by atoms with Gasteiger partial charge in [-0.15, -0.1) is 0 Å². The van der Waals surface area contributed by atoms with Gasteiger partial charge in [-0.1, -0.05) is 32.0 Å². The molecule has 2 aromatic carbocycles. The summed E-state index contributed by atoms with van der Waals surface area (Å²) in [5.74, 6) is 1.51. The van der Waals surface area contributed by atoms with Crippen LogP contribution in [0.4, 0.5) is 0 Å². The summed E-state index contributed by atoms with van der Waals surface area (Å²) in [4.78, 5) is 11.8. The van der Waals surface area contributed by atoms with Crippen LogP contribution >= 0.6 is 0 Å². The molecule has 0 saturated carbocycles. The third-order valence-corrected chi connectivity index (χ3v) is 4.69. The van der Waals surface area contributed by atoms with Crippen LogP contribution < -0.4 is 4.74 Å². The van der Waals surface area contributed by atoms with Crippen molar-refractivity contribution in [1.82, 2.24) is 0 Å². The van der Waals surface area contributed by atoms with Gasteiger partial charge in [0.15, 0.2) is 0 Å². The molecule has 28 heavy (non-hydrogen) atoms. The number of carbonyl (C=O) groups is 1. The molecule has 4 nitrogen and oxygen atoms in total. The minimum atomic E-state index is -0.241. The molecule has 4 heteroatoms. The van der Waals surface area contributed by atoms with E-state index in [9.17, 15) is 4.79 Å². The lowest BCUT2D eigenvalue weighted by atomic mass is 10.1. The predicted octanol–water partition coefficient (Wildman–Crippen LogP) is 5.63. The van der Waals surface area contributed by atoms with Crippen LogP contribution in [-0.4, -0.2) is 12.6 Å². The molecule has 3 rings (SSSR count). The van der Waals surface area contributed by atoms with Gasteiger partial charge in [-0.25, -0.2) is 0 Å². The molecule has 148 valence electrons. The molecule has 0 aliphatic carbocycles. The average Bonchev–Trinajstić information content (AvgIpc) is 3.09. The summed E-state index contributed by atoms with van der Waals surface area (Å²) in [6.07, 6.45) is 3.13. The quantitative estimate of drug-likeness (QED) is 0.451. The third kappa shape index (κ3) is 4.75. The van der Waals surface area contributed by atoms with Crippen molar-refractivity contribution in [2.75, 3.05) is 6.61 Å². The number of ether oxygens (including phenoxy) is 2. The highest BCUT2D eigenvalue weighted by atomic mass is 16.5. The Labute approximate surface area is 166 Å². The maximum atomic E-state index is 11.8. The SMILES string of the molecule is CCCc1cc2cc(COc3ccccc3CC(=O)OCC)cc(CC)c2o1. The number of esters is 1. The smallest absolute Gasteiger partial charge is 0.310 e. The molecule has 0 aliphatic heterocycles. The van der Waals surface area contributed by atoms with Gasteiger partial charge in [0.25, 0.3) is 0 Å². The van der Waals surface area contributed by atoms with Gasteiger partial charge in [-0.2, -0.15) is 0 Å². The van der Waals surface area contributed by atoms with Crippen molar-refractivity contribution in [2.24, 2.45) is 0 Å². The van der Waals surface area contributed by atoms with Crippen molar-refractivity contribution < 1.29 is 18.7 Å². The zero-order valence-electron chi connectivity index (χ0n) is 16.9. The molecule has 0 spiro atoms. The first-order valence-corrected chi connectivity index (χ1v) is 10.0. The van der Waals surface area contributed by atoms with E-state index in [-0.39, 0.29) is 12.4 Å². The highest BCUT2D eigenvalue weighted by Crippen LogP contribution is 2.27. The zero-order valence-corrected chi connectivity index (χ0v) is 16.9. The van der Waals surface area contributed by atoms with E-state index < -0.39 is 0 Å². The van der Waals surface area contributed by atoms with Crippen molar-refractivity contribution in [2.45, 2.75) is 53.1 Å². The summed E-state index contributed by atoms with van der Waals surface area (Å²) >= 11 is 0. The largest absolute Gasteiger partial charge is 0.489 e. The molecule has 0 saturated heterocycles. The van der Waals surface area contributed by atoms with Gasteiger partial charge in [0.2, 0.25) is 0 Å². The predicted molar refractivity (Wildman–Crippen MR) is 111 cm³/mol. The lowest BCUT2D eigenvalue weighted by molar-refractivity contribution is -0.142. The first-order chi connectivity index (χ1) is 13.6. The first-order valence-electron chi connectivity index (χ1n) is 10.0. The molecular formula is C24H28O4. The highest BCUT2D eigenvalue weighted by Gasteiger charge is 2.12. The minimum Gasteiger partial charge on any atom is -0.489 e. The molecule has 0 amide bonds. The number of para-hydroxylation sites is 1. The van der Waals surface area contributed by atoms with E-state index in [4.69, 9.17) is 13.9 Å². The normalized spacial score (nSPS) is 11.0. The summed E-state index contributed by atoms with van der Waals surface area (Å²) in [5.41, 5.74) is 4.11. The van der Waals surface area contributed by atoms with Crippen LogP contribution in [0.2, 0.25) is 0 Å². The van der Waals surface area contributed by atoms with Crippen LogP contribution in [0.1, 0.15) is 49.6 Å². The lowest BCUT2D eigenvalue weighted by Crippen LogP contribution is -2.09. The minimum absolute atomic E-state index is 0.214. The second-order valence-corrected chi connectivity index (χ2v) is 6.87. The van der Waals surface area contributed by atoms with E-state index in [2.05, 4.69) is 32.0 Å². The second-order valence-electron chi connectivity index (χ2n) is 6.87. The number of aryl methyl sites for hydroxylation is 2. The summed E-state index contributed by atoms with van der Waals surface area (Å²) in [6, 6.07) is 14.0. The van der Waals surface area contributed by atoms with Gasteiger partial charge >= 0.3 is 5.97 Å². The number of hydrogen-bond acceptors (Lipinski definition) is 4. The fraction of sp³-hybridized carbons (Fsp3) is 0.375. The molecule has 1 heterocycles. The third-order valence-electron chi connectivity index (χ3n) is 4.69. The maximum absolute atomic E-state index is 11.8. The standard InChI is InChI=1S/C24H28O4/c1-4-9-21-14-20-13-17(12-18(5-2)24(20)28-21)16-27-22-11-8-7-10-19(22)15-23(25)26-6-3/h7-8,10-14H,4-6,9,15-16H2,1-3H3. The van der Waals surface area contributed by atoms with Gasteiger partial charge in [-0.05, 0) is 55.2 Å². The Morgan fingerprint density at radius 1 is 1.04 bits per heavy atom. The second kappa shape index (κ2) is 9.45. The van der Waals surface area contributed by atoms with E-state index in [0.717, 1.165) is 47.1 Å². The van der Waals surface area contributed by atoms with Crippen LogP contribution in [-0.2, 0) is 35.4 Å². The topological polar surface area (TPSA) is 48.7 Å². The Morgan fingerprint density at radius 2 is 1.86 bits per heavy atom. The number of benzene rings is 2. The Hall–Kier alpha value is -2.75. The molecule has 0 bridgehead atoms. The number of furan rings is 1. The van der Waals surface area contributed by atoms with E-state index in [0.29, 0.717) is 19.0 Å². The van der Waals surface area contributed by atoms with Crippen molar-refractivity contribution in [3.8, 4) is 5.75 Å². The lowest BCUT2D eigenvalue weighted by Gasteiger charge is -2.12. The first kappa shape index (κ1) is 20.0. The molecular weight excluding hydrogens is 352 g/mol. The van der Waals surface area contributed by atoms with Crippen LogP contribution in [0.5, 0.6) is 5.75 Å². The molecule has 1 aromatic heterocycles. The van der Waals surface area contributed by atoms with Gasteiger partial charge < -0.3 is 13.9 Å². The van der Waals surface area contributed by atoms with E-state index in [1.54, 1.807) is 0 Å². The molecule has 0 aliphatic rings. The van der Waals surface area contributed by atoms with Crippen molar-refractivity contribution in [3.05, 3.63) is 64.9 Å². The molecule has 0 unspecified atom stereocenters. The van der Waals surface area contributed by atoms with Gasteiger partial charge in [0, 0.05) is 17.4 Å². The Bertz CT molecular complexity index is 939. The average molecular weight is 380 g/mol. The van der Waals surface area contributed by atoms with Crippen molar-refractivity contribution in [1.29, 1.82) is 0 Å². The van der Waals surface area contributed by atoms with Crippen LogP contribution in [0.15, 0.2) is 46.9 Å². The molecule has 0 fully saturated rings. The number of fused-ring (bicyclic) bond motifs is 1. The summed E-state index contributed by atoms with van der Waals surface area (Å²) in [5, 5.41) is 1.13. The monoisotopic (exact) mass is 380 g/mol. The fourth-order valence-electron chi connectivity index (χ4n) is 3.38. The Balaban J connectivity index is 1.79. The van der Waals surface area contributed by atoms with Gasteiger partial charge in [0.05, 0.1) is 13.0 Å². The maximum Gasteiger partial charge on any atom is 0.310 e.